The fourth-order valence-corrected chi connectivity index (χ4v) is 5.61. The smallest absolute Gasteiger partial charge is 0.242 e. The molecule has 1 heterocycles. The van der Waals surface area contributed by atoms with Crippen molar-refractivity contribution in [2.24, 2.45) is 0 Å². The standard InChI is InChI=1S/C30H35N3O6S/c1-22-11-13-24(14-12-22)20-32(26(30(35)31-2)18-23-8-5-4-6-9-23)29(34)10-7-17-33(40(3,36)37)25-15-16-27-28(19-25)39-21-38-27/h4-6,8-9,11-16,19,26H,7,10,17-18,20-21H2,1-3H3,(H,31,35)/t26-/m0/s1. The Labute approximate surface area is 235 Å². The number of sulfonamides is 1. The molecule has 0 bridgehead atoms. The number of anilines is 1. The number of likely N-dealkylation sites (N-methyl/N-ethyl adjacent to an activating group) is 1. The summed E-state index contributed by atoms with van der Waals surface area (Å²) < 4.78 is 37.3. The van der Waals surface area contributed by atoms with Gasteiger partial charge in [-0.25, -0.2) is 8.42 Å². The van der Waals surface area contributed by atoms with Gasteiger partial charge in [-0.2, -0.15) is 0 Å². The van der Waals surface area contributed by atoms with Crippen LogP contribution in [-0.2, 0) is 32.6 Å². The van der Waals surface area contributed by atoms with E-state index in [2.05, 4.69) is 5.32 Å². The van der Waals surface area contributed by atoms with Crippen LogP contribution < -0.4 is 19.1 Å². The fraction of sp³-hybridized carbons (Fsp3) is 0.333. The zero-order valence-electron chi connectivity index (χ0n) is 23.0. The van der Waals surface area contributed by atoms with Crippen LogP contribution in [0.15, 0.2) is 72.8 Å². The van der Waals surface area contributed by atoms with Crippen molar-refractivity contribution in [1.82, 2.24) is 10.2 Å². The van der Waals surface area contributed by atoms with Crippen LogP contribution in [0.5, 0.6) is 11.5 Å². The molecule has 9 nitrogen and oxygen atoms in total. The van der Waals surface area contributed by atoms with Crippen LogP contribution in [0.4, 0.5) is 5.69 Å². The molecule has 0 saturated carbocycles. The largest absolute Gasteiger partial charge is 0.454 e. The molecule has 1 aliphatic rings. The molecule has 1 N–H and O–H groups in total. The summed E-state index contributed by atoms with van der Waals surface area (Å²) in [6.45, 7) is 2.41. The molecule has 0 saturated heterocycles. The molecule has 3 aromatic carbocycles. The van der Waals surface area contributed by atoms with Crippen LogP contribution in [0, 0.1) is 6.92 Å². The molecule has 0 aliphatic carbocycles. The lowest BCUT2D eigenvalue weighted by Crippen LogP contribution is -2.49. The second-order valence-corrected chi connectivity index (χ2v) is 11.7. The predicted octanol–water partition coefficient (Wildman–Crippen LogP) is 3.66. The number of carbonyl (C=O) groups excluding carboxylic acids is 2. The molecule has 10 heteroatoms. The van der Waals surface area contributed by atoms with Gasteiger partial charge in [0.1, 0.15) is 6.04 Å². The van der Waals surface area contributed by atoms with Crippen LogP contribution in [0.2, 0.25) is 0 Å². The number of hydrogen-bond acceptors (Lipinski definition) is 6. The first-order valence-corrected chi connectivity index (χ1v) is 15.0. The molecular weight excluding hydrogens is 530 g/mol. The van der Waals surface area contributed by atoms with E-state index < -0.39 is 16.1 Å². The number of aryl methyl sites for hydroxylation is 1. The van der Waals surface area contributed by atoms with Gasteiger partial charge in [-0.15, -0.1) is 0 Å². The van der Waals surface area contributed by atoms with E-state index >= 15 is 0 Å². The molecule has 3 aromatic rings. The Kier molecular flexibility index (Phi) is 9.31. The Balaban J connectivity index is 1.54. The minimum Gasteiger partial charge on any atom is -0.454 e. The Hall–Kier alpha value is -4.05. The van der Waals surface area contributed by atoms with Crippen LogP contribution in [-0.4, -0.2) is 57.8 Å². The Morgan fingerprint density at radius 2 is 1.65 bits per heavy atom. The van der Waals surface area contributed by atoms with Gasteiger partial charge < -0.3 is 19.7 Å². The lowest BCUT2D eigenvalue weighted by molar-refractivity contribution is -0.141. The maximum absolute atomic E-state index is 13.7. The average Bonchev–Trinajstić information content (AvgIpc) is 3.41. The first-order chi connectivity index (χ1) is 19.2. The molecule has 212 valence electrons. The fourth-order valence-electron chi connectivity index (χ4n) is 4.66. The van der Waals surface area contributed by atoms with Gasteiger partial charge in [0.05, 0.1) is 11.9 Å². The molecule has 1 aliphatic heterocycles. The van der Waals surface area contributed by atoms with Gasteiger partial charge in [0, 0.05) is 39.0 Å². The maximum Gasteiger partial charge on any atom is 0.242 e. The second-order valence-electron chi connectivity index (χ2n) is 9.80. The summed E-state index contributed by atoms with van der Waals surface area (Å²) >= 11 is 0. The maximum atomic E-state index is 13.7. The lowest BCUT2D eigenvalue weighted by atomic mass is 10.0. The van der Waals surface area contributed by atoms with Crippen LogP contribution in [0.3, 0.4) is 0 Å². The Bertz CT molecular complexity index is 1430. The van der Waals surface area contributed by atoms with Gasteiger partial charge in [0.15, 0.2) is 11.5 Å². The Morgan fingerprint density at radius 1 is 0.950 bits per heavy atom. The van der Waals surface area contributed by atoms with E-state index in [1.165, 1.54) is 4.31 Å². The van der Waals surface area contributed by atoms with Crippen molar-refractivity contribution in [3.63, 3.8) is 0 Å². The highest BCUT2D eigenvalue weighted by atomic mass is 32.2. The highest BCUT2D eigenvalue weighted by Crippen LogP contribution is 2.36. The van der Waals surface area contributed by atoms with Crippen molar-refractivity contribution in [3.05, 3.63) is 89.5 Å². The van der Waals surface area contributed by atoms with Gasteiger partial charge in [-0.1, -0.05) is 60.2 Å². The Morgan fingerprint density at radius 3 is 2.33 bits per heavy atom. The first-order valence-electron chi connectivity index (χ1n) is 13.1. The number of nitrogens with one attached hydrogen (secondary N) is 1. The molecule has 0 radical (unpaired) electrons. The van der Waals surface area contributed by atoms with Crippen molar-refractivity contribution in [2.75, 3.05) is 30.9 Å². The normalized spacial score (nSPS) is 13.0. The third kappa shape index (κ3) is 7.32. The highest BCUT2D eigenvalue weighted by molar-refractivity contribution is 7.92. The molecule has 0 unspecified atom stereocenters. The van der Waals surface area contributed by atoms with Crippen molar-refractivity contribution in [3.8, 4) is 11.5 Å². The SMILES string of the molecule is CNC(=O)[C@H](Cc1ccccc1)N(Cc1ccc(C)cc1)C(=O)CCCN(c1ccc2c(c1)OCO2)S(C)(=O)=O. The van der Waals surface area contributed by atoms with E-state index in [1.807, 2.05) is 61.5 Å². The highest BCUT2D eigenvalue weighted by Gasteiger charge is 2.30. The van der Waals surface area contributed by atoms with E-state index in [9.17, 15) is 18.0 Å². The summed E-state index contributed by atoms with van der Waals surface area (Å²) in [6, 6.07) is 21.6. The molecule has 1 atom stereocenters. The number of ether oxygens (including phenoxy) is 2. The molecular formula is C30H35N3O6S. The molecule has 0 fully saturated rings. The van der Waals surface area contributed by atoms with Crippen molar-refractivity contribution in [2.45, 2.75) is 38.8 Å². The third-order valence-electron chi connectivity index (χ3n) is 6.79. The molecule has 4 rings (SSSR count). The molecule has 0 spiro atoms. The summed E-state index contributed by atoms with van der Waals surface area (Å²) in [7, 11) is -2.07. The van der Waals surface area contributed by atoms with Crippen molar-refractivity contribution < 1.29 is 27.5 Å². The number of hydrogen-bond donors (Lipinski definition) is 1. The quantitative estimate of drug-likeness (QED) is 0.360. The third-order valence-corrected chi connectivity index (χ3v) is 7.98. The number of fused-ring (bicyclic) bond motifs is 1. The second kappa shape index (κ2) is 12.9. The van der Waals surface area contributed by atoms with Crippen LogP contribution in [0.25, 0.3) is 0 Å². The van der Waals surface area contributed by atoms with Gasteiger partial charge in [-0.05, 0) is 36.6 Å². The number of amides is 2. The summed E-state index contributed by atoms with van der Waals surface area (Å²) in [5.74, 6) is 0.533. The summed E-state index contributed by atoms with van der Waals surface area (Å²) in [5.41, 5.74) is 3.36. The van der Waals surface area contributed by atoms with Gasteiger partial charge in [0.2, 0.25) is 28.6 Å². The monoisotopic (exact) mass is 565 g/mol. The van der Waals surface area contributed by atoms with Gasteiger partial charge in [-0.3, -0.25) is 13.9 Å². The van der Waals surface area contributed by atoms with Crippen molar-refractivity contribution in [1.29, 1.82) is 0 Å². The first kappa shape index (κ1) is 28.9. The summed E-state index contributed by atoms with van der Waals surface area (Å²) in [5, 5.41) is 2.71. The topological polar surface area (TPSA) is 105 Å². The van der Waals surface area contributed by atoms with E-state index in [-0.39, 0.29) is 44.5 Å². The van der Waals surface area contributed by atoms with E-state index in [0.717, 1.165) is 22.9 Å². The van der Waals surface area contributed by atoms with Gasteiger partial charge in [0.25, 0.3) is 0 Å². The molecule has 0 aromatic heterocycles. The summed E-state index contributed by atoms with van der Waals surface area (Å²) in [4.78, 5) is 28.4. The minimum atomic E-state index is -3.63. The number of carbonyl (C=O) groups is 2. The number of benzene rings is 3. The minimum absolute atomic E-state index is 0.0602. The summed E-state index contributed by atoms with van der Waals surface area (Å²) in [6.07, 6.45) is 1.80. The number of nitrogens with zero attached hydrogens (tertiary/aromatic N) is 2. The van der Waals surface area contributed by atoms with Crippen LogP contribution >= 0.6 is 0 Å². The average molecular weight is 566 g/mol. The zero-order valence-corrected chi connectivity index (χ0v) is 23.8. The lowest BCUT2D eigenvalue weighted by Gasteiger charge is -2.31. The molecule has 2 amide bonds. The predicted molar refractivity (Wildman–Crippen MR) is 154 cm³/mol. The number of rotatable bonds is 12. The van der Waals surface area contributed by atoms with Gasteiger partial charge >= 0.3 is 0 Å². The van der Waals surface area contributed by atoms with Crippen LogP contribution in [0.1, 0.15) is 29.5 Å². The van der Waals surface area contributed by atoms with E-state index in [0.29, 0.717) is 23.6 Å². The van der Waals surface area contributed by atoms with E-state index in [1.54, 1.807) is 30.1 Å². The zero-order chi connectivity index (χ0) is 28.7. The molecule has 40 heavy (non-hydrogen) atoms. The van der Waals surface area contributed by atoms with Crippen molar-refractivity contribution >= 4 is 27.5 Å². The van der Waals surface area contributed by atoms with E-state index in [4.69, 9.17) is 9.47 Å².